The zero-order valence-corrected chi connectivity index (χ0v) is 21.2. The van der Waals surface area contributed by atoms with E-state index in [1.165, 1.54) is 16.4 Å². The fourth-order valence-corrected chi connectivity index (χ4v) is 5.85. The van der Waals surface area contributed by atoms with Crippen LogP contribution in [0, 0.1) is 11.7 Å². The first-order valence-corrected chi connectivity index (χ1v) is 13.6. The number of nitrogens with zero attached hydrogens (tertiary/aromatic N) is 4. The summed E-state index contributed by atoms with van der Waals surface area (Å²) >= 11 is 0. The summed E-state index contributed by atoms with van der Waals surface area (Å²) in [5.74, 6) is 0.470. The maximum absolute atomic E-state index is 13.2. The summed E-state index contributed by atoms with van der Waals surface area (Å²) in [6, 6.07) is 19.4. The maximum atomic E-state index is 13.2. The number of rotatable bonds is 8. The topological polar surface area (TPSA) is 120 Å². The molecule has 1 aliphatic heterocycles. The number of benzene rings is 2. The van der Waals surface area contributed by atoms with Gasteiger partial charge in [0, 0.05) is 36.9 Å². The minimum atomic E-state index is -3.67. The van der Waals surface area contributed by atoms with Gasteiger partial charge in [-0.25, -0.2) is 17.8 Å². The minimum absolute atomic E-state index is 0.0452. The molecule has 1 fully saturated rings. The lowest BCUT2D eigenvalue weighted by atomic mass is 9.90. The van der Waals surface area contributed by atoms with Crippen molar-refractivity contribution in [2.75, 3.05) is 23.7 Å². The molecule has 0 spiro atoms. The number of nitrogens with one attached hydrogen (secondary N) is 2. The molecule has 1 atom stereocenters. The van der Waals surface area contributed by atoms with Crippen LogP contribution in [0.2, 0.25) is 0 Å². The van der Waals surface area contributed by atoms with E-state index in [1.807, 2.05) is 6.07 Å². The van der Waals surface area contributed by atoms with Crippen LogP contribution in [0.25, 0.3) is 0 Å². The highest BCUT2D eigenvalue weighted by molar-refractivity contribution is 7.89. The molecule has 1 unspecified atom stereocenters. The third kappa shape index (κ3) is 5.96. The number of piperidine rings is 1. The Bertz CT molecular complexity index is 1460. The summed E-state index contributed by atoms with van der Waals surface area (Å²) in [5.41, 5.74) is 1.92. The molecule has 2 aromatic carbocycles. The van der Waals surface area contributed by atoms with Gasteiger partial charge in [0.05, 0.1) is 16.7 Å². The first-order chi connectivity index (χ1) is 18.4. The van der Waals surface area contributed by atoms with Crippen LogP contribution in [0.1, 0.15) is 24.6 Å². The Balaban J connectivity index is 1.20. The summed E-state index contributed by atoms with van der Waals surface area (Å²) < 4.78 is 41.0. The highest BCUT2D eigenvalue weighted by atomic mass is 32.2. The van der Waals surface area contributed by atoms with Crippen LogP contribution in [0.4, 0.5) is 27.5 Å². The lowest BCUT2D eigenvalue weighted by Crippen LogP contribution is -2.39. The normalized spacial score (nSPS) is 15.6. The van der Waals surface area contributed by atoms with Crippen molar-refractivity contribution < 1.29 is 17.9 Å². The second-order valence-corrected chi connectivity index (χ2v) is 10.9. The van der Waals surface area contributed by atoms with E-state index in [9.17, 15) is 17.9 Å². The Hall–Kier alpha value is -3.93. The standard InChI is InChI=1S/C27H27FN6O3S/c28-20-4-6-21(7-5-20)31-25-12-16-30-27(33-25)32-22-8-10-23(11-9-22)38(36,37)34-17-13-19(14-18-34)26(35)24-3-1-2-15-29-24/h1-12,15-16,19,26,35H,13-14,17-18H2,(H2,30,31,32,33). The van der Waals surface area contributed by atoms with E-state index in [2.05, 4.69) is 25.6 Å². The Kier molecular flexibility index (Phi) is 7.59. The maximum Gasteiger partial charge on any atom is 0.243 e. The van der Waals surface area contributed by atoms with Gasteiger partial charge in [0.15, 0.2) is 0 Å². The van der Waals surface area contributed by atoms with Crippen LogP contribution in [0.5, 0.6) is 0 Å². The number of aromatic nitrogens is 3. The molecule has 1 aliphatic rings. The SMILES string of the molecule is O=S(=O)(c1ccc(Nc2nccc(Nc3ccc(F)cc3)n2)cc1)N1CCC(C(O)c2ccccn2)CC1. The number of halogens is 1. The van der Waals surface area contributed by atoms with Crippen molar-refractivity contribution in [1.82, 2.24) is 19.3 Å². The average molecular weight is 535 g/mol. The largest absolute Gasteiger partial charge is 0.387 e. The molecule has 0 bridgehead atoms. The number of aliphatic hydroxyl groups is 1. The molecule has 0 saturated carbocycles. The third-order valence-electron chi connectivity index (χ3n) is 6.46. The summed E-state index contributed by atoms with van der Waals surface area (Å²) in [6.07, 6.45) is 3.61. The Morgan fingerprint density at radius 3 is 2.24 bits per heavy atom. The van der Waals surface area contributed by atoms with Gasteiger partial charge in [-0.3, -0.25) is 4.98 Å². The van der Waals surface area contributed by atoms with Gasteiger partial charge in [-0.1, -0.05) is 6.07 Å². The first-order valence-electron chi connectivity index (χ1n) is 12.2. The molecule has 0 radical (unpaired) electrons. The Morgan fingerprint density at radius 1 is 0.868 bits per heavy atom. The van der Waals surface area contributed by atoms with Gasteiger partial charge >= 0.3 is 0 Å². The van der Waals surface area contributed by atoms with Crippen molar-refractivity contribution in [3.05, 3.63) is 96.7 Å². The van der Waals surface area contributed by atoms with Crippen LogP contribution >= 0.6 is 0 Å². The predicted octanol–water partition coefficient (Wildman–Crippen LogP) is 4.63. The van der Waals surface area contributed by atoms with Crippen LogP contribution in [-0.4, -0.2) is 45.9 Å². The quantitative estimate of drug-likeness (QED) is 0.299. The van der Waals surface area contributed by atoms with Crippen molar-refractivity contribution in [3.63, 3.8) is 0 Å². The van der Waals surface area contributed by atoms with Gasteiger partial charge in [-0.15, -0.1) is 0 Å². The number of pyridine rings is 1. The molecule has 5 rings (SSSR count). The number of sulfonamides is 1. The van der Waals surface area contributed by atoms with Gasteiger partial charge in [0.1, 0.15) is 11.6 Å². The molecule has 2 aromatic heterocycles. The second-order valence-electron chi connectivity index (χ2n) is 8.99. The highest BCUT2D eigenvalue weighted by Gasteiger charge is 2.32. The van der Waals surface area contributed by atoms with Gasteiger partial charge < -0.3 is 15.7 Å². The fraction of sp³-hybridized carbons (Fsp3) is 0.222. The van der Waals surface area contributed by atoms with E-state index in [1.54, 1.807) is 67.0 Å². The molecule has 0 aliphatic carbocycles. The van der Waals surface area contributed by atoms with Crippen LogP contribution < -0.4 is 10.6 Å². The van der Waals surface area contributed by atoms with E-state index >= 15 is 0 Å². The van der Waals surface area contributed by atoms with Crippen LogP contribution in [-0.2, 0) is 10.0 Å². The zero-order valence-electron chi connectivity index (χ0n) is 20.4. The Morgan fingerprint density at radius 2 is 1.55 bits per heavy atom. The molecule has 196 valence electrons. The molecule has 38 heavy (non-hydrogen) atoms. The third-order valence-corrected chi connectivity index (χ3v) is 8.37. The van der Waals surface area contributed by atoms with Crippen LogP contribution in [0.15, 0.2) is 90.1 Å². The van der Waals surface area contributed by atoms with Crippen molar-refractivity contribution >= 4 is 33.2 Å². The van der Waals surface area contributed by atoms with Crippen molar-refractivity contribution in [2.45, 2.75) is 23.8 Å². The van der Waals surface area contributed by atoms with Gasteiger partial charge in [0.25, 0.3) is 0 Å². The van der Waals surface area contributed by atoms with Crippen molar-refractivity contribution in [3.8, 4) is 0 Å². The molecule has 11 heteroatoms. The fourth-order valence-electron chi connectivity index (χ4n) is 4.38. The summed E-state index contributed by atoms with van der Waals surface area (Å²) in [6.45, 7) is 0.664. The van der Waals surface area contributed by atoms with E-state index in [4.69, 9.17) is 0 Å². The average Bonchev–Trinajstić information content (AvgIpc) is 2.95. The zero-order chi connectivity index (χ0) is 26.5. The first kappa shape index (κ1) is 25.7. The monoisotopic (exact) mass is 534 g/mol. The lowest BCUT2D eigenvalue weighted by molar-refractivity contribution is 0.0726. The highest BCUT2D eigenvalue weighted by Crippen LogP contribution is 2.32. The molecule has 3 heterocycles. The van der Waals surface area contributed by atoms with Crippen molar-refractivity contribution in [2.24, 2.45) is 5.92 Å². The van der Waals surface area contributed by atoms with Crippen LogP contribution in [0.3, 0.4) is 0 Å². The number of anilines is 4. The molecule has 0 amide bonds. The van der Waals surface area contributed by atoms with Gasteiger partial charge in [-0.2, -0.15) is 9.29 Å². The van der Waals surface area contributed by atoms with E-state index in [-0.39, 0.29) is 16.6 Å². The van der Waals surface area contributed by atoms with Crippen molar-refractivity contribution in [1.29, 1.82) is 0 Å². The summed E-state index contributed by atoms with van der Waals surface area (Å²) in [7, 11) is -3.67. The molecule has 9 nitrogen and oxygen atoms in total. The molecular weight excluding hydrogens is 507 g/mol. The van der Waals surface area contributed by atoms with E-state index in [0.717, 1.165) is 0 Å². The minimum Gasteiger partial charge on any atom is -0.387 e. The van der Waals surface area contributed by atoms with Gasteiger partial charge in [0.2, 0.25) is 16.0 Å². The Labute approximate surface area is 220 Å². The number of hydrogen-bond acceptors (Lipinski definition) is 8. The summed E-state index contributed by atoms with van der Waals surface area (Å²) in [5, 5.41) is 16.8. The smallest absolute Gasteiger partial charge is 0.243 e. The van der Waals surface area contributed by atoms with Gasteiger partial charge in [-0.05, 0) is 85.5 Å². The number of hydrogen-bond donors (Lipinski definition) is 3. The number of aliphatic hydroxyl groups excluding tert-OH is 1. The summed E-state index contributed by atoms with van der Waals surface area (Å²) in [4.78, 5) is 13.0. The molecule has 1 saturated heterocycles. The van der Waals surface area contributed by atoms with E-state index in [0.29, 0.717) is 54.8 Å². The predicted molar refractivity (Wildman–Crippen MR) is 142 cm³/mol. The van der Waals surface area contributed by atoms with E-state index < -0.39 is 16.1 Å². The molecular formula is C27H27FN6O3S. The molecule has 3 N–H and O–H groups in total. The molecule has 4 aromatic rings. The lowest BCUT2D eigenvalue weighted by Gasteiger charge is -2.33. The second kappa shape index (κ2) is 11.2.